The molecule has 2 rings (SSSR count). The Kier molecular flexibility index (Phi) is 6.96. The van der Waals surface area contributed by atoms with Gasteiger partial charge >= 0.3 is 0 Å². The van der Waals surface area contributed by atoms with Gasteiger partial charge in [-0.1, -0.05) is 23.2 Å². The van der Waals surface area contributed by atoms with E-state index in [1.807, 2.05) is 4.72 Å². The SMILES string of the molecule is O=C(NS(=O)(=O)C(CCO)c1cc(Cl)cc(Cl)c1)c1ccc(CO)nc1. The summed E-state index contributed by atoms with van der Waals surface area (Å²) in [5.41, 5.74) is 0.611. The molecule has 7 nitrogen and oxygen atoms in total. The Balaban J connectivity index is 2.29. The summed E-state index contributed by atoms with van der Waals surface area (Å²) in [6.45, 7) is -0.717. The molecular formula is C16H16Cl2N2O5S. The lowest BCUT2D eigenvalue weighted by Crippen LogP contribution is -2.35. The van der Waals surface area contributed by atoms with Crippen LogP contribution < -0.4 is 4.72 Å². The van der Waals surface area contributed by atoms with Gasteiger partial charge in [0, 0.05) is 22.8 Å². The molecule has 1 heterocycles. The maximum absolute atomic E-state index is 12.7. The number of pyridine rings is 1. The molecule has 140 valence electrons. The van der Waals surface area contributed by atoms with E-state index in [2.05, 4.69) is 4.98 Å². The predicted octanol–water partition coefficient (Wildman–Crippen LogP) is 2.06. The second-order valence-corrected chi connectivity index (χ2v) is 8.11. The van der Waals surface area contributed by atoms with Gasteiger partial charge in [-0.25, -0.2) is 13.1 Å². The number of hydrogen-bond donors (Lipinski definition) is 3. The molecule has 2 aromatic rings. The molecule has 0 aliphatic carbocycles. The molecular weight excluding hydrogens is 403 g/mol. The van der Waals surface area contributed by atoms with Gasteiger partial charge in [-0.2, -0.15) is 0 Å². The summed E-state index contributed by atoms with van der Waals surface area (Å²) in [6.07, 6.45) is 1.01. The number of aromatic nitrogens is 1. The highest BCUT2D eigenvalue weighted by Gasteiger charge is 2.29. The van der Waals surface area contributed by atoms with Gasteiger partial charge in [0.15, 0.2) is 0 Å². The number of aliphatic hydroxyl groups is 2. The lowest BCUT2D eigenvalue weighted by molar-refractivity contribution is 0.0980. The van der Waals surface area contributed by atoms with Gasteiger partial charge in [-0.05, 0) is 42.3 Å². The fourth-order valence-corrected chi connectivity index (χ4v) is 4.26. The molecule has 0 aliphatic rings. The van der Waals surface area contributed by atoms with E-state index in [1.165, 1.54) is 30.3 Å². The standard InChI is InChI=1S/C16H16Cl2N2O5S/c17-12-5-11(6-13(18)7-12)15(3-4-21)26(24,25)20-16(23)10-1-2-14(9-22)19-8-10/h1-2,5-8,15,21-22H,3-4,9H2,(H,20,23). The van der Waals surface area contributed by atoms with Crippen LogP contribution >= 0.6 is 23.2 Å². The summed E-state index contributed by atoms with van der Waals surface area (Å²) >= 11 is 11.8. The number of amides is 1. The molecule has 0 saturated carbocycles. The number of sulfonamides is 1. The molecule has 0 spiro atoms. The number of rotatable bonds is 7. The zero-order valence-electron chi connectivity index (χ0n) is 13.4. The van der Waals surface area contributed by atoms with Crippen molar-refractivity contribution in [3.63, 3.8) is 0 Å². The number of carbonyl (C=O) groups excluding carboxylic acids is 1. The third-order valence-electron chi connectivity index (χ3n) is 3.51. The highest BCUT2D eigenvalue weighted by Crippen LogP contribution is 2.30. The number of aliphatic hydroxyl groups excluding tert-OH is 2. The van der Waals surface area contributed by atoms with E-state index in [0.29, 0.717) is 5.69 Å². The van der Waals surface area contributed by atoms with Crippen molar-refractivity contribution in [2.45, 2.75) is 18.3 Å². The van der Waals surface area contributed by atoms with E-state index in [9.17, 15) is 18.3 Å². The lowest BCUT2D eigenvalue weighted by Gasteiger charge is -2.18. The van der Waals surface area contributed by atoms with Crippen LogP contribution in [0, 0.1) is 0 Å². The molecule has 1 atom stereocenters. The zero-order chi connectivity index (χ0) is 19.3. The van der Waals surface area contributed by atoms with Crippen LogP contribution in [0.15, 0.2) is 36.5 Å². The van der Waals surface area contributed by atoms with E-state index >= 15 is 0 Å². The van der Waals surface area contributed by atoms with E-state index in [0.717, 1.165) is 6.20 Å². The minimum Gasteiger partial charge on any atom is -0.396 e. The summed E-state index contributed by atoms with van der Waals surface area (Å²) in [4.78, 5) is 16.1. The molecule has 1 aromatic carbocycles. The molecule has 3 N–H and O–H groups in total. The lowest BCUT2D eigenvalue weighted by atomic mass is 10.1. The van der Waals surface area contributed by atoms with Crippen LogP contribution in [0.4, 0.5) is 0 Å². The minimum atomic E-state index is -4.19. The Hall–Kier alpha value is -1.71. The summed E-state index contributed by atoms with van der Waals surface area (Å²) in [5.74, 6) is -0.877. The van der Waals surface area contributed by atoms with Crippen molar-refractivity contribution >= 4 is 39.1 Å². The summed E-state index contributed by atoms with van der Waals surface area (Å²) in [6, 6.07) is 7.02. The first-order valence-electron chi connectivity index (χ1n) is 7.45. The highest BCUT2D eigenvalue weighted by atomic mass is 35.5. The highest BCUT2D eigenvalue weighted by molar-refractivity contribution is 7.90. The smallest absolute Gasteiger partial charge is 0.266 e. The fraction of sp³-hybridized carbons (Fsp3) is 0.250. The number of halogens is 2. The second-order valence-electron chi connectivity index (χ2n) is 5.38. The van der Waals surface area contributed by atoms with Gasteiger partial charge in [-0.3, -0.25) is 9.78 Å². The Morgan fingerprint density at radius 1 is 1.15 bits per heavy atom. The van der Waals surface area contributed by atoms with Crippen molar-refractivity contribution in [3.8, 4) is 0 Å². The zero-order valence-corrected chi connectivity index (χ0v) is 15.7. The van der Waals surface area contributed by atoms with Gasteiger partial charge in [0.25, 0.3) is 5.91 Å². The Labute approximate surface area is 160 Å². The molecule has 0 bridgehead atoms. The number of carbonyl (C=O) groups is 1. The quantitative estimate of drug-likeness (QED) is 0.633. The molecule has 1 aromatic heterocycles. The van der Waals surface area contributed by atoms with Crippen molar-refractivity contribution < 1.29 is 23.4 Å². The van der Waals surface area contributed by atoms with Crippen LogP contribution in [0.25, 0.3) is 0 Å². The van der Waals surface area contributed by atoms with E-state index in [4.69, 9.17) is 28.3 Å². The van der Waals surface area contributed by atoms with Crippen molar-refractivity contribution in [1.29, 1.82) is 0 Å². The van der Waals surface area contributed by atoms with Crippen molar-refractivity contribution in [2.75, 3.05) is 6.61 Å². The molecule has 1 unspecified atom stereocenters. The molecule has 10 heteroatoms. The largest absolute Gasteiger partial charge is 0.396 e. The number of nitrogens with zero attached hydrogens (tertiary/aromatic N) is 1. The van der Waals surface area contributed by atoms with E-state index < -0.39 is 27.8 Å². The first-order chi connectivity index (χ1) is 12.3. The summed E-state index contributed by atoms with van der Waals surface area (Å²) in [5, 5.41) is 17.4. The van der Waals surface area contributed by atoms with Crippen LogP contribution in [0.5, 0.6) is 0 Å². The van der Waals surface area contributed by atoms with E-state index in [-0.39, 0.29) is 34.2 Å². The third-order valence-corrected chi connectivity index (χ3v) is 5.67. The van der Waals surface area contributed by atoms with Gasteiger partial charge < -0.3 is 10.2 Å². The molecule has 0 radical (unpaired) electrons. The summed E-state index contributed by atoms with van der Waals surface area (Å²) < 4.78 is 27.3. The molecule has 1 amide bonds. The average molecular weight is 419 g/mol. The molecule has 0 aliphatic heterocycles. The first-order valence-corrected chi connectivity index (χ1v) is 9.75. The third kappa shape index (κ3) is 5.15. The Morgan fingerprint density at radius 3 is 2.31 bits per heavy atom. The number of benzene rings is 1. The summed E-state index contributed by atoms with van der Waals surface area (Å²) in [7, 11) is -4.19. The van der Waals surface area contributed by atoms with Gasteiger partial charge in [0.05, 0.1) is 17.9 Å². The maximum Gasteiger partial charge on any atom is 0.266 e. The van der Waals surface area contributed by atoms with Gasteiger partial charge in [0.1, 0.15) is 5.25 Å². The predicted molar refractivity (Wildman–Crippen MR) is 97.5 cm³/mol. The first kappa shape index (κ1) is 20.6. The minimum absolute atomic E-state index is 0.0117. The van der Waals surface area contributed by atoms with Crippen molar-refractivity contribution in [2.24, 2.45) is 0 Å². The fourth-order valence-electron chi connectivity index (χ4n) is 2.29. The molecule has 26 heavy (non-hydrogen) atoms. The number of hydrogen-bond acceptors (Lipinski definition) is 6. The van der Waals surface area contributed by atoms with Crippen LogP contribution in [0.2, 0.25) is 10.0 Å². The maximum atomic E-state index is 12.7. The molecule has 0 fully saturated rings. The van der Waals surface area contributed by atoms with Crippen LogP contribution in [-0.2, 0) is 16.6 Å². The second kappa shape index (κ2) is 8.79. The van der Waals surface area contributed by atoms with Crippen molar-refractivity contribution in [3.05, 3.63) is 63.4 Å². The van der Waals surface area contributed by atoms with E-state index in [1.54, 1.807) is 0 Å². The van der Waals surface area contributed by atoms with Crippen molar-refractivity contribution in [1.82, 2.24) is 9.71 Å². The Bertz CT molecular complexity index is 868. The van der Waals surface area contributed by atoms with Gasteiger partial charge in [0.2, 0.25) is 10.0 Å². The molecule has 0 saturated heterocycles. The van der Waals surface area contributed by atoms with Crippen LogP contribution in [-0.4, -0.2) is 36.1 Å². The monoisotopic (exact) mass is 418 g/mol. The normalized spacial score (nSPS) is 12.6. The average Bonchev–Trinajstić information content (AvgIpc) is 2.58. The van der Waals surface area contributed by atoms with Crippen LogP contribution in [0.3, 0.4) is 0 Å². The Morgan fingerprint density at radius 2 is 1.81 bits per heavy atom. The topological polar surface area (TPSA) is 117 Å². The van der Waals surface area contributed by atoms with Crippen LogP contribution in [0.1, 0.15) is 33.3 Å². The van der Waals surface area contributed by atoms with Gasteiger partial charge in [-0.15, -0.1) is 0 Å². The number of nitrogens with one attached hydrogen (secondary N) is 1.